The number of anilines is 1. The highest BCUT2D eigenvalue weighted by molar-refractivity contribution is 8.26. The zero-order valence-electron chi connectivity index (χ0n) is 18.7. The highest BCUT2D eigenvalue weighted by Gasteiger charge is 2.32. The molecule has 2 aromatic rings. The van der Waals surface area contributed by atoms with Crippen molar-refractivity contribution in [3.63, 3.8) is 0 Å². The molecule has 1 amide bonds. The Kier molecular flexibility index (Phi) is 8.64. The Morgan fingerprint density at radius 1 is 1.19 bits per heavy atom. The van der Waals surface area contributed by atoms with Gasteiger partial charge < -0.3 is 5.32 Å². The van der Waals surface area contributed by atoms with Crippen LogP contribution < -0.4 is 10.9 Å². The summed E-state index contributed by atoms with van der Waals surface area (Å²) in [6, 6.07) is 3.71. The number of aromatic nitrogens is 2. The molecule has 32 heavy (non-hydrogen) atoms. The number of unbranched alkanes of at least 4 members (excludes halogenated alkanes) is 5. The number of aryl methyl sites for hydroxylation is 1. The van der Waals surface area contributed by atoms with Crippen molar-refractivity contribution < 1.29 is 4.79 Å². The fourth-order valence-corrected chi connectivity index (χ4v) is 4.86. The lowest BCUT2D eigenvalue weighted by molar-refractivity contribution is -0.122. The lowest BCUT2D eigenvalue weighted by Crippen LogP contribution is -2.29. The first-order valence-corrected chi connectivity index (χ1v) is 12.3. The summed E-state index contributed by atoms with van der Waals surface area (Å²) in [7, 11) is 0. The molecule has 0 unspecified atom stereocenters. The topological polar surface area (TPSA) is 66.7 Å². The van der Waals surface area contributed by atoms with E-state index in [1.807, 2.05) is 13.0 Å². The molecule has 1 aliphatic rings. The molecule has 0 aromatic carbocycles. The standard InChI is InChI=1S/C24H30N4O2S2/c1-4-6-7-8-9-10-14-27-23(30)19(32-24(27)31)15-18-21(25-13-5-2)26-20-12-11-17(3)16-28(20)22(18)29/h5,11-12,15-16,25H,2,4,6-10,13-14H2,1,3H3. The molecule has 0 saturated carbocycles. The van der Waals surface area contributed by atoms with Gasteiger partial charge in [0.05, 0.1) is 10.5 Å². The van der Waals surface area contributed by atoms with Gasteiger partial charge in [0.15, 0.2) is 0 Å². The van der Waals surface area contributed by atoms with Crippen molar-refractivity contribution in [2.24, 2.45) is 0 Å². The fourth-order valence-electron chi connectivity index (χ4n) is 3.57. The Labute approximate surface area is 198 Å². The van der Waals surface area contributed by atoms with Gasteiger partial charge in [0.2, 0.25) is 0 Å². The number of carbonyl (C=O) groups is 1. The minimum atomic E-state index is -0.230. The lowest BCUT2D eigenvalue weighted by Gasteiger charge is -2.14. The number of nitrogens with one attached hydrogen (secondary N) is 1. The molecule has 0 atom stereocenters. The summed E-state index contributed by atoms with van der Waals surface area (Å²) in [5, 5.41) is 3.13. The number of carbonyl (C=O) groups excluding carboxylic acids is 1. The van der Waals surface area contributed by atoms with Crippen molar-refractivity contribution in [1.82, 2.24) is 14.3 Å². The summed E-state index contributed by atoms with van der Waals surface area (Å²) in [6.07, 6.45) is 12.0. The zero-order valence-corrected chi connectivity index (χ0v) is 20.4. The van der Waals surface area contributed by atoms with Crippen molar-refractivity contribution in [3.8, 4) is 0 Å². The van der Waals surface area contributed by atoms with E-state index in [1.54, 1.807) is 29.3 Å². The molecule has 6 nitrogen and oxygen atoms in total. The third-order valence-electron chi connectivity index (χ3n) is 5.30. The largest absolute Gasteiger partial charge is 0.366 e. The summed E-state index contributed by atoms with van der Waals surface area (Å²) in [6.45, 7) is 8.90. The second-order valence-corrected chi connectivity index (χ2v) is 9.56. The van der Waals surface area contributed by atoms with Gasteiger partial charge in [-0.05, 0) is 31.1 Å². The lowest BCUT2D eigenvalue weighted by atomic mass is 10.1. The van der Waals surface area contributed by atoms with Gasteiger partial charge in [0.25, 0.3) is 11.5 Å². The number of hydrogen-bond acceptors (Lipinski definition) is 6. The third kappa shape index (κ3) is 5.66. The Morgan fingerprint density at radius 3 is 2.69 bits per heavy atom. The van der Waals surface area contributed by atoms with Gasteiger partial charge in [-0.2, -0.15) is 0 Å². The van der Waals surface area contributed by atoms with Crippen molar-refractivity contribution in [2.45, 2.75) is 52.4 Å². The van der Waals surface area contributed by atoms with Crippen LogP contribution in [0, 0.1) is 6.92 Å². The Bertz CT molecular complexity index is 1110. The van der Waals surface area contributed by atoms with Crippen LogP contribution in [0.5, 0.6) is 0 Å². The number of pyridine rings is 1. The van der Waals surface area contributed by atoms with E-state index in [0.29, 0.717) is 39.3 Å². The molecule has 0 aliphatic carbocycles. The molecular weight excluding hydrogens is 440 g/mol. The summed E-state index contributed by atoms with van der Waals surface area (Å²) in [5.74, 6) is 0.289. The number of thiocarbonyl (C=S) groups is 1. The molecule has 8 heteroatoms. The van der Waals surface area contributed by atoms with E-state index in [1.165, 1.54) is 41.8 Å². The first-order chi connectivity index (χ1) is 15.5. The smallest absolute Gasteiger partial charge is 0.267 e. The van der Waals surface area contributed by atoms with E-state index >= 15 is 0 Å². The molecule has 0 spiro atoms. The molecule has 2 aromatic heterocycles. The van der Waals surface area contributed by atoms with E-state index < -0.39 is 0 Å². The highest BCUT2D eigenvalue weighted by Crippen LogP contribution is 2.33. The Hall–Kier alpha value is -2.45. The molecule has 1 fully saturated rings. The molecule has 3 rings (SSSR count). The first kappa shape index (κ1) is 24.2. The summed E-state index contributed by atoms with van der Waals surface area (Å²) in [4.78, 5) is 33.0. The predicted molar refractivity (Wildman–Crippen MR) is 138 cm³/mol. The SMILES string of the molecule is C=CCNc1nc2ccc(C)cn2c(=O)c1C=C1SC(=S)N(CCCCCCCC)C1=O. The van der Waals surface area contributed by atoms with Crippen LogP contribution in [0.2, 0.25) is 0 Å². The maximum absolute atomic E-state index is 13.3. The van der Waals surface area contributed by atoms with Crippen LogP contribution in [0.25, 0.3) is 11.7 Å². The second kappa shape index (κ2) is 11.4. The van der Waals surface area contributed by atoms with Crippen LogP contribution in [0.15, 0.2) is 40.7 Å². The number of rotatable bonds is 11. The van der Waals surface area contributed by atoms with Crippen LogP contribution >= 0.6 is 24.0 Å². The number of hydrogen-bond donors (Lipinski definition) is 1. The van der Waals surface area contributed by atoms with E-state index in [0.717, 1.165) is 18.4 Å². The molecule has 1 N–H and O–H groups in total. The highest BCUT2D eigenvalue weighted by atomic mass is 32.2. The van der Waals surface area contributed by atoms with Gasteiger partial charge in [-0.1, -0.05) is 75.1 Å². The monoisotopic (exact) mass is 470 g/mol. The maximum atomic E-state index is 13.3. The summed E-state index contributed by atoms with van der Waals surface area (Å²) in [5.41, 5.74) is 1.60. The summed E-state index contributed by atoms with van der Waals surface area (Å²) >= 11 is 6.70. The molecule has 1 aliphatic heterocycles. The van der Waals surface area contributed by atoms with Crippen molar-refractivity contribution >= 4 is 51.7 Å². The second-order valence-electron chi connectivity index (χ2n) is 7.88. The average Bonchev–Trinajstić information content (AvgIpc) is 3.04. The van der Waals surface area contributed by atoms with Gasteiger partial charge in [-0.25, -0.2) is 4.98 Å². The van der Waals surface area contributed by atoms with Crippen molar-refractivity contribution in [3.05, 3.63) is 57.4 Å². The van der Waals surface area contributed by atoms with E-state index in [2.05, 4.69) is 23.8 Å². The number of thioether (sulfide) groups is 1. The molecule has 0 bridgehead atoms. The predicted octanol–water partition coefficient (Wildman–Crippen LogP) is 5.16. The number of nitrogens with zero attached hydrogens (tertiary/aromatic N) is 3. The third-order valence-corrected chi connectivity index (χ3v) is 6.68. The molecule has 0 radical (unpaired) electrons. The Balaban J connectivity index is 1.86. The van der Waals surface area contributed by atoms with Gasteiger partial charge in [0.1, 0.15) is 15.8 Å². The number of amides is 1. The van der Waals surface area contributed by atoms with Gasteiger partial charge in [0, 0.05) is 19.3 Å². The van der Waals surface area contributed by atoms with E-state index in [4.69, 9.17) is 12.2 Å². The summed E-state index contributed by atoms with van der Waals surface area (Å²) < 4.78 is 2.05. The van der Waals surface area contributed by atoms with Gasteiger partial charge in [-0.15, -0.1) is 6.58 Å². The zero-order chi connectivity index (χ0) is 23.1. The molecule has 170 valence electrons. The van der Waals surface area contributed by atoms with Crippen LogP contribution in [-0.4, -0.2) is 37.6 Å². The normalized spacial score (nSPS) is 15.2. The van der Waals surface area contributed by atoms with Crippen LogP contribution in [-0.2, 0) is 4.79 Å². The minimum absolute atomic E-state index is 0.142. The van der Waals surface area contributed by atoms with Crippen molar-refractivity contribution in [1.29, 1.82) is 0 Å². The quantitative estimate of drug-likeness (QED) is 0.212. The van der Waals surface area contributed by atoms with Crippen LogP contribution in [0.4, 0.5) is 5.82 Å². The van der Waals surface area contributed by atoms with E-state index in [-0.39, 0.29) is 11.5 Å². The van der Waals surface area contributed by atoms with Crippen LogP contribution in [0.3, 0.4) is 0 Å². The Morgan fingerprint density at radius 2 is 1.94 bits per heavy atom. The van der Waals surface area contributed by atoms with Gasteiger partial charge >= 0.3 is 0 Å². The van der Waals surface area contributed by atoms with Crippen LogP contribution in [0.1, 0.15) is 56.6 Å². The average molecular weight is 471 g/mol. The fraction of sp³-hybridized carbons (Fsp3) is 0.417. The molecule has 1 saturated heterocycles. The maximum Gasteiger partial charge on any atom is 0.267 e. The molecule has 3 heterocycles. The van der Waals surface area contributed by atoms with E-state index in [9.17, 15) is 9.59 Å². The molecular formula is C24H30N4O2S2. The van der Waals surface area contributed by atoms with Crippen molar-refractivity contribution in [2.75, 3.05) is 18.4 Å². The van der Waals surface area contributed by atoms with Gasteiger partial charge in [-0.3, -0.25) is 18.9 Å². The number of fused-ring (bicyclic) bond motifs is 1. The minimum Gasteiger partial charge on any atom is -0.366 e. The first-order valence-electron chi connectivity index (χ1n) is 11.1.